The molecule has 0 spiro atoms. The van der Waals surface area contributed by atoms with Gasteiger partial charge in [-0.05, 0) is 41.3 Å². The molecule has 0 atom stereocenters. The van der Waals surface area contributed by atoms with Crippen LogP contribution < -0.4 is 21.1 Å². The third-order valence-electron chi connectivity index (χ3n) is 4.38. The standard InChI is InChI=1S/C20H24N4O2/c1-22-20(24-13-15-2-5-16(6-3-15)19(21)25)23-10-8-14-4-7-18-17(12-14)9-11-26-18/h2-7,12H,8-11,13H2,1H3,(H2,21,25)(H2,22,23,24). The van der Waals surface area contributed by atoms with Gasteiger partial charge in [-0.2, -0.15) is 0 Å². The summed E-state index contributed by atoms with van der Waals surface area (Å²) in [6.45, 7) is 2.20. The number of hydrogen-bond acceptors (Lipinski definition) is 3. The van der Waals surface area contributed by atoms with E-state index < -0.39 is 5.91 Å². The summed E-state index contributed by atoms with van der Waals surface area (Å²) in [7, 11) is 1.75. The number of rotatable bonds is 6. The highest BCUT2D eigenvalue weighted by Crippen LogP contribution is 2.25. The van der Waals surface area contributed by atoms with Gasteiger partial charge in [0.25, 0.3) is 0 Å². The van der Waals surface area contributed by atoms with Crippen molar-refractivity contribution >= 4 is 11.9 Å². The van der Waals surface area contributed by atoms with Crippen LogP contribution in [0.15, 0.2) is 47.5 Å². The van der Waals surface area contributed by atoms with Crippen LogP contribution >= 0.6 is 0 Å². The molecule has 6 nitrogen and oxygen atoms in total. The lowest BCUT2D eigenvalue weighted by Gasteiger charge is -2.12. The molecule has 0 saturated heterocycles. The molecule has 3 rings (SSSR count). The smallest absolute Gasteiger partial charge is 0.248 e. The van der Waals surface area contributed by atoms with Crippen molar-refractivity contribution in [1.82, 2.24) is 10.6 Å². The second-order valence-electron chi connectivity index (χ2n) is 6.20. The minimum Gasteiger partial charge on any atom is -0.493 e. The first-order chi connectivity index (χ1) is 12.7. The molecule has 1 amide bonds. The molecular weight excluding hydrogens is 328 g/mol. The molecule has 0 saturated carbocycles. The van der Waals surface area contributed by atoms with E-state index in [-0.39, 0.29) is 0 Å². The van der Waals surface area contributed by atoms with Crippen LogP contribution in [-0.2, 0) is 19.4 Å². The molecule has 1 heterocycles. The van der Waals surface area contributed by atoms with E-state index in [9.17, 15) is 4.79 Å². The molecule has 0 unspecified atom stereocenters. The predicted octanol–water partition coefficient (Wildman–Crippen LogP) is 1.63. The number of carbonyl (C=O) groups is 1. The number of nitrogens with one attached hydrogen (secondary N) is 2. The van der Waals surface area contributed by atoms with E-state index in [2.05, 4.69) is 33.8 Å². The number of aliphatic imine (C=N–C) groups is 1. The van der Waals surface area contributed by atoms with Crippen LogP contribution in [0.5, 0.6) is 5.75 Å². The van der Waals surface area contributed by atoms with Gasteiger partial charge in [0, 0.05) is 32.1 Å². The maximum absolute atomic E-state index is 11.1. The second kappa shape index (κ2) is 8.38. The minimum atomic E-state index is -0.417. The van der Waals surface area contributed by atoms with E-state index in [4.69, 9.17) is 10.5 Å². The molecule has 4 N–H and O–H groups in total. The number of carbonyl (C=O) groups excluding carboxylic acids is 1. The van der Waals surface area contributed by atoms with Gasteiger partial charge in [-0.15, -0.1) is 0 Å². The Bertz CT molecular complexity index is 800. The molecule has 0 aromatic heterocycles. The number of benzene rings is 2. The van der Waals surface area contributed by atoms with Gasteiger partial charge in [-0.25, -0.2) is 0 Å². The minimum absolute atomic E-state index is 0.417. The molecule has 0 radical (unpaired) electrons. The van der Waals surface area contributed by atoms with Crippen molar-refractivity contribution in [3.8, 4) is 5.75 Å². The van der Waals surface area contributed by atoms with E-state index >= 15 is 0 Å². The van der Waals surface area contributed by atoms with Crippen molar-refractivity contribution in [3.63, 3.8) is 0 Å². The Morgan fingerprint density at radius 1 is 1.15 bits per heavy atom. The topological polar surface area (TPSA) is 88.7 Å². The average Bonchev–Trinajstić information content (AvgIpc) is 3.12. The maximum Gasteiger partial charge on any atom is 0.248 e. The summed E-state index contributed by atoms with van der Waals surface area (Å²) < 4.78 is 5.54. The summed E-state index contributed by atoms with van der Waals surface area (Å²) in [6.07, 6.45) is 1.91. The van der Waals surface area contributed by atoms with Gasteiger partial charge in [0.2, 0.25) is 5.91 Å². The lowest BCUT2D eigenvalue weighted by molar-refractivity contribution is 0.100. The highest BCUT2D eigenvalue weighted by Gasteiger charge is 2.11. The SMILES string of the molecule is CN=C(NCCc1ccc2c(c1)CCO2)NCc1ccc(C(N)=O)cc1. The van der Waals surface area contributed by atoms with Crippen LogP contribution in [0.2, 0.25) is 0 Å². The Kier molecular flexibility index (Phi) is 5.73. The Hall–Kier alpha value is -3.02. The number of primary amides is 1. The van der Waals surface area contributed by atoms with E-state index in [1.807, 2.05) is 12.1 Å². The summed E-state index contributed by atoms with van der Waals surface area (Å²) in [5.41, 5.74) is 9.40. The summed E-state index contributed by atoms with van der Waals surface area (Å²) in [4.78, 5) is 15.3. The maximum atomic E-state index is 11.1. The van der Waals surface area contributed by atoms with Crippen LogP contribution in [-0.4, -0.2) is 32.1 Å². The molecule has 136 valence electrons. The Labute approximate surface area is 153 Å². The van der Waals surface area contributed by atoms with Gasteiger partial charge in [-0.3, -0.25) is 9.79 Å². The normalized spacial score (nSPS) is 13.0. The fourth-order valence-corrected chi connectivity index (χ4v) is 2.91. The first-order valence-corrected chi connectivity index (χ1v) is 8.73. The van der Waals surface area contributed by atoms with Gasteiger partial charge >= 0.3 is 0 Å². The van der Waals surface area contributed by atoms with E-state index in [0.717, 1.165) is 43.3 Å². The number of guanidine groups is 1. The first kappa shape index (κ1) is 17.8. The molecule has 0 fully saturated rings. The van der Waals surface area contributed by atoms with E-state index in [1.165, 1.54) is 11.1 Å². The fourth-order valence-electron chi connectivity index (χ4n) is 2.91. The van der Waals surface area contributed by atoms with Crippen molar-refractivity contribution in [1.29, 1.82) is 0 Å². The predicted molar refractivity (Wildman–Crippen MR) is 103 cm³/mol. The number of nitrogens with two attached hydrogens (primary N) is 1. The van der Waals surface area contributed by atoms with Crippen LogP contribution in [0.25, 0.3) is 0 Å². The molecule has 2 aromatic carbocycles. The Morgan fingerprint density at radius 3 is 2.65 bits per heavy atom. The second-order valence-corrected chi connectivity index (χ2v) is 6.20. The average molecular weight is 352 g/mol. The van der Waals surface area contributed by atoms with Crippen LogP contribution in [0, 0.1) is 0 Å². The number of nitrogens with zero attached hydrogens (tertiary/aromatic N) is 1. The number of fused-ring (bicyclic) bond motifs is 1. The molecule has 6 heteroatoms. The van der Waals surface area contributed by atoms with Crippen molar-refractivity contribution in [2.45, 2.75) is 19.4 Å². The van der Waals surface area contributed by atoms with Gasteiger partial charge in [0.1, 0.15) is 5.75 Å². The third-order valence-corrected chi connectivity index (χ3v) is 4.38. The van der Waals surface area contributed by atoms with Crippen LogP contribution in [0.1, 0.15) is 27.0 Å². The molecule has 2 aromatic rings. The van der Waals surface area contributed by atoms with Crippen LogP contribution in [0.3, 0.4) is 0 Å². The van der Waals surface area contributed by atoms with E-state index in [0.29, 0.717) is 12.1 Å². The number of ether oxygens (including phenoxy) is 1. The zero-order valence-corrected chi connectivity index (χ0v) is 14.9. The van der Waals surface area contributed by atoms with E-state index in [1.54, 1.807) is 19.2 Å². The van der Waals surface area contributed by atoms with Gasteiger partial charge in [-0.1, -0.05) is 24.3 Å². The first-order valence-electron chi connectivity index (χ1n) is 8.73. The zero-order valence-electron chi connectivity index (χ0n) is 14.9. The Balaban J connectivity index is 1.45. The molecule has 0 bridgehead atoms. The lowest BCUT2D eigenvalue weighted by atomic mass is 10.1. The van der Waals surface area contributed by atoms with Gasteiger partial charge in [0.15, 0.2) is 5.96 Å². The molecule has 1 aliphatic rings. The monoisotopic (exact) mass is 352 g/mol. The summed E-state index contributed by atoms with van der Waals surface area (Å²) in [5.74, 6) is 1.34. The largest absolute Gasteiger partial charge is 0.493 e. The lowest BCUT2D eigenvalue weighted by Crippen LogP contribution is -2.37. The number of amides is 1. The van der Waals surface area contributed by atoms with Crippen molar-refractivity contribution < 1.29 is 9.53 Å². The summed E-state index contributed by atoms with van der Waals surface area (Å²) >= 11 is 0. The molecule has 1 aliphatic heterocycles. The Morgan fingerprint density at radius 2 is 1.92 bits per heavy atom. The highest BCUT2D eigenvalue weighted by molar-refractivity contribution is 5.92. The van der Waals surface area contributed by atoms with Crippen molar-refractivity contribution in [2.24, 2.45) is 10.7 Å². The summed E-state index contributed by atoms with van der Waals surface area (Å²) in [5, 5.41) is 6.58. The number of hydrogen-bond donors (Lipinski definition) is 3. The quantitative estimate of drug-likeness (QED) is 0.545. The molecular formula is C20H24N4O2. The highest BCUT2D eigenvalue weighted by atomic mass is 16.5. The molecule has 0 aliphatic carbocycles. The third kappa shape index (κ3) is 4.53. The van der Waals surface area contributed by atoms with Crippen molar-refractivity contribution in [3.05, 3.63) is 64.7 Å². The summed E-state index contributed by atoms with van der Waals surface area (Å²) in [6, 6.07) is 13.6. The van der Waals surface area contributed by atoms with Gasteiger partial charge in [0.05, 0.1) is 6.61 Å². The van der Waals surface area contributed by atoms with Crippen LogP contribution in [0.4, 0.5) is 0 Å². The zero-order chi connectivity index (χ0) is 18.4. The fraction of sp³-hybridized carbons (Fsp3) is 0.300. The van der Waals surface area contributed by atoms with Gasteiger partial charge < -0.3 is 21.1 Å². The molecule has 26 heavy (non-hydrogen) atoms. The van der Waals surface area contributed by atoms with Crippen molar-refractivity contribution in [2.75, 3.05) is 20.2 Å².